The van der Waals surface area contributed by atoms with Crippen LogP contribution in [0.2, 0.25) is 10.0 Å². The van der Waals surface area contributed by atoms with Crippen molar-refractivity contribution >= 4 is 38.7 Å². The third kappa shape index (κ3) is 3.26. The summed E-state index contributed by atoms with van der Waals surface area (Å²) in [7, 11) is -3.47. The monoisotopic (exact) mass is 329 g/mol. The molecule has 2 aromatic rings. The van der Waals surface area contributed by atoms with Crippen molar-refractivity contribution < 1.29 is 8.42 Å². The third-order valence-corrected chi connectivity index (χ3v) is 5.21. The summed E-state index contributed by atoms with van der Waals surface area (Å²) < 4.78 is 24.7. The maximum absolute atomic E-state index is 12.4. The Kier molecular flexibility index (Phi) is 4.28. The van der Waals surface area contributed by atoms with E-state index in [2.05, 4.69) is 0 Å². The molecule has 0 aliphatic heterocycles. The van der Waals surface area contributed by atoms with Gasteiger partial charge in [-0.1, -0.05) is 29.3 Å². The molecule has 6 heteroatoms. The van der Waals surface area contributed by atoms with Gasteiger partial charge in [0.1, 0.15) is 0 Å². The molecule has 106 valence electrons. The normalized spacial score (nSPS) is 11.6. The first-order valence-corrected chi connectivity index (χ1v) is 8.23. The van der Waals surface area contributed by atoms with Gasteiger partial charge in [0.2, 0.25) is 0 Å². The largest absolute Gasteiger partial charge is 0.399 e. The summed E-state index contributed by atoms with van der Waals surface area (Å²) in [4.78, 5) is 0.232. The summed E-state index contributed by atoms with van der Waals surface area (Å²) >= 11 is 11.8. The Bertz CT molecular complexity index is 758. The Balaban J connectivity index is 2.38. The summed E-state index contributed by atoms with van der Waals surface area (Å²) in [5.41, 5.74) is 7.51. The zero-order valence-corrected chi connectivity index (χ0v) is 13.1. The first-order chi connectivity index (χ1) is 9.29. The van der Waals surface area contributed by atoms with Gasteiger partial charge in [-0.05, 0) is 48.4 Å². The van der Waals surface area contributed by atoms with Crippen LogP contribution in [0.3, 0.4) is 0 Å². The van der Waals surface area contributed by atoms with Crippen molar-refractivity contribution in [2.24, 2.45) is 0 Å². The van der Waals surface area contributed by atoms with Crippen LogP contribution in [-0.2, 0) is 15.6 Å². The van der Waals surface area contributed by atoms with Gasteiger partial charge in [0, 0.05) is 15.7 Å². The number of halogens is 2. The maximum atomic E-state index is 12.4. The molecule has 2 N–H and O–H groups in total. The van der Waals surface area contributed by atoms with Gasteiger partial charge in [-0.3, -0.25) is 0 Å². The average molecular weight is 330 g/mol. The minimum atomic E-state index is -3.47. The van der Waals surface area contributed by atoms with Crippen molar-refractivity contribution in [3.05, 3.63) is 57.6 Å². The summed E-state index contributed by atoms with van der Waals surface area (Å²) in [6, 6.07) is 9.42. The van der Waals surface area contributed by atoms with Crippen LogP contribution in [0.25, 0.3) is 0 Å². The van der Waals surface area contributed by atoms with Crippen LogP contribution in [-0.4, -0.2) is 8.42 Å². The van der Waals surface area contributed by atoms with Crippen molar-refractivity contribution in [2.75, 3.05) is 5.73 Å². The average Bonchev–Trinajstić information content (AvgIpc) is 2.36. The standard InChI is InChI=1S/C14H13Cl2NO2S/c1-9-6-12(4-5-14(9)17)20(18,19)8-10-2-3-11(15)7-13(10)16/h2-7H,8,17H2,1H3. The van der Waals surface area contributed by atoms with Gasteiger partial charge >= 0.3 is 0 Å². The van der Waals surface area contributed by atoms with Gasteiger partial charge < -0.3 is 5.73 Å². The van der Waals surface area contributed by atoms with Gasteiger partial charge in [0.05, 0.1) is 10.6 Å². The molecule has 0 unspecified atom stereocenters. The van der Waals surface area contributed by atoms with E-state index in [1.54, 1.807) is 31.2 Å². The fourth-order valence-corrected chi connectivity index (χ4v) is 3.78. The fraction of sp³-hybridized carbons (Fsp3) is 0.143. The number of nitrogen functional groups attached to an aromatic ring is 1. The zero-order chi connectivity index (χ0) is 14.9. The van der Waals surface area contributed by atoms with Crippen LogP contribution in [0.1, 0.15) is 11.1 Å². The van der Waals surface area contributed by atoms with Crippen LogP contribution in [0.15, 0.2) is 41.3 Å². The van der Waals surface area contributed by atoms with Gasteiger partial charge in [-0.25, -0.2) is 8.42 Å². The molecule has 0 spiro atoms. The highest BCUT2D eigenvalue weighted by molar-refractivity contribution is 7.90. The highest BCUT2D eigenvalue weighted by atomic mass is 35.5. The van der Waals surface area contributed by atoms with Crippen LogP contribution < -0.4 is 5.73 Å². The molecule has 0 saturated carbocycles. The molecule has 0 saturated heterocycles. The molecular weight excluding hydrogens is 317 g/mol. The van der Waals surface area contributed by atoms with Gasteiger partial charge in [0.25, 0.3) is 0 Å². The van der Waals surface area contributed by atoms with Gasteiger partial charge in [-0.2, -0.15) is 0 Å². The van der Waals surface area contributed by atoms with Gasteiger partial charge in [-0.15, -0.1) is 0 Å². The van der Waals surface area contributed by atoms with E-state index in [4.69, 9.17) is 28.9 Å². The molecule has 0 bridgehead atoms. The Hall–Kier alpha value is -1.23. The Morgan fingerprint density at radius 1 is 1.10 bits per heavy atom. The quantitative estimate of drug-likeness (QED) is 0.870. The lowest BCUT2D eigenvalue weighted by atomic mass is 10.2. The van der Waals surface area contributed by atoms with Crippen molar-refractivity contribution in [2.45, 2.75) is 17.6 Å². The number of rotatable bonds is 3. The number of sulfone groups is 1. The molecular formula is C14H13Cl2NO2S. The molecule has 0 aliphatic rings. The first kappa shape index (κ1) is 15.2. The van der Waals surface area contributed by atoms with E-state index in [1.165, 1.54) is 12.1 Å². The number of benzene rings is 2. The lowest BCUT2D eigenvalue weighted by molar-refractivity contribution is 0.595. The minimum Gasteiger partial charge on any atom is -0.399 e. The maximum Gasteiger partial charge on any atom is 0.182 e. The molecule has 0 aromatic heterocycles. The highest BCUT2D eigenvalue weighted by Gasteiger charge is 2.17. The number of hydrogen-bond donors (Lipinski definition) is 1. The number of aryl methyl sites for hydroxylation is 1. The molecule has 0 fully saturated rings. The molecule has 0 aliphatic carbocycles. The summed E-state index contributed by atoms with van der Waals surface area (Å²) in [6.07, 6.45) is 0. The predicted molar refractivity (Wildman–Crippen MR) is 82.9 cm³/mol. The van der Waals surface area contributed by atoms with E-state index in [0.29, 0.717) is 21.3 Å². The van der Waals surface area contributed by atoms with E-state index in [-0.39, 0.29) is 10.6 Å². The highest BCUT2D eigenvalue weighted by Crippen LogP contribution is 2.26. The van der Waals surface area contributed by atoms with Crippen molar-refractivity contribution in [1.82, 2.24) is 0 Å². The molecule has 2 aromatic carbocycles. The number of hydrogen-bond acceptors (Lipinski definition) is 3. The van der Waals surface area contributed by atoms with Gasteiger partial charge in [0.15, 0.2) is 9.84 Å². The Morgan fingerprint density at radius 3 is 2.40 bits per heavy atom. The Labute approximate surface area is 128 Å². The van der Waals surface area contributed by atoms with E-state index in [9.17, 15) is 8.42 Å². The smallest absolute Gasteiger partial charge is 0.182 e. The van der Waals surface area contributed by atoms with Crippen molar-refractivity contribution in [3.63, 3.8) is 0 Å². The fourth-order valence-electron chi connectivity index (χ4n) is 1.77. The molecule has 20 heavy (non-hydrogen) atoms. The van der Waals surface area contributed by atoms with E-state index < -0.39 is 9.84 Å². The number of anilines is 1. The molecule has 0 radical (unpaired) electrons. The summed E-state index contributed by atoms with van der Waals surface area (Å²) in [5, 5.41) is 0.813. The molecule has 0 atom stereocenters. The van der Waals surface area contributed by atoms with E-state index >= 15 is 0 Å². The van der Waals surface area contributed by atoms with Crippen LogP contribution in [0, 0.1) is 6.92 Å². The molecule has 0 amide bonds. The van der Waals surface area contributed by atoms with Crippen LogP contribution in [0.4, 0.5) is 5.69 Å². The SMILES string of the molecule is Cc1cc(S(=O)(=O)Cc2ccc(Cl)cc2Cl)ccc1N. The lowest BCUT2D eigenvalue weighted by Gasteiger charge is -2.08. The Morgan fingerprint density at radius 2 is 1.80 bits per heavy atom. The van der Waals surface area contributed by atoms with Crippen LogP contribution >= 0.6 is 23.2 Å². The van der Waals surface area contributed by atoms with E-state index in [1.807, 2.05) is 0 Å². The molecule has 3 nitrogen and oxygen atoms in total. The summed E-state index contributed by atoms with van der Waals surface area (Å²) in [6.45, 7) is 1.77. The number of nitrogens with two attached hydrogens (primary N) is 1. The second kappa shape index (κ2) is 5.64. The topological polar surface area (TPSA) is 60.2 Å². The lowest BCUT2D eigenvalue weighted by Crippen LogP contribution is -2.06. The van der Waals surface area contributed by atoms with Crippen molar-refractivity contribution in [3.8, 4) is 0 Å². The summed E-state index contributed by atoms with van der Waals surface area (Å²) in [5.74, 6) is -0.174. The van der Waals surface area contributed by atoms with Crippen LogP contribution in [0.5, 0.6) is 0 Å². The zero-order valence-electron chi connectivity index (χ0n) is 10.7. The first-order valence-electron chi connectivity index (χ1n) is 5.82. The molecule has 2 rings (SSSR count). The molecule has 0 heterocycles. The van der Waals surface area contributed by atoms with Crippen molar-refractivity contribution in [1.29, 1.82) is 0 Å². The second-order valence-electron chi connectivity index (χ2n) is 4.51. The predicted octanol–water partition coefficient (Wildman–Crippen LogP) is 3.86. The second-order valence-corrected chi connectivity index (χ2v) is 7.35. The minimum absolute atomic E-state index is 0.174. The third-order valence-electron chi connectivity index (χ3n) is 2.96. The van der Waals surface area contributed by atoms with E-state index in [0.717, 1.165) is 5.56 Å².